The van der Waals surface area contributed by atoms with Crippen molar-refractivity contribution in [3.05, 3.63) is 16.0 Å². The van der Waals surface area contributed by atoms with Crippen molar-refractivity contribution in [2.75, 3.05) is 0 Å². The molecule has 1 rings (SSSR count). The lowest BCUT2D eigenvalue weighted by atomic mass is 9.94. The summed E-state index contributed by atoms with van der Waals surface area (Å²) in [5, 5.41) is 7.46. The molecule has 3 N–H and O–H groups in total. The monoisotopic (exact) mass is 364 g/mol. The van der Waals surface area contributed by atoms with Gasteiger partial charge in [0, 0.05) is 18.8 Å². The number of aromatic nitrogens is 2. The van der Waals surface area contributed by atoms with Crippen molar-refractivity contribution in [1.82, 2.24) is 15.1 Å². The fraction of sp³-hybridized carbons (Fsp3) is 0.667. The number of hydrogen-bond acceptors (Lipinski definition) is 3. The number of primary amides is 1. The molecule has 0 bridgehead atoms. The highest BCUT2D eigenvalue weighted by molar-refractivity contribution is 14.1. The summed E-state index contributed by atoms with van der Waals surface area (Å²) in [6.45, 7) is 6.68. The van der Waals surface area contributed by atoms with Gasteiger partial charge in [0.05, 0.1) is 15.3 Å². The summed E-state index contributed by atoms with van der Waals surface area (Å²) in [7, 11) is 0. The van der Waals surface area contributed by atoms with Gasteiger partial charge in [-0.25, -0.2) is 0 Å². The molecule has 0 saturated carbocycles. The van der Waals surface area contributed by atoms with Crippen LogP contribution in [0.15, 0.2) is 12.4 Å². The van der Waals surface area contributed by atoms with Crippen molar-refractivity contribution >= 4 is 28.5 Å². The van der Waals surface area contributed by atoms with E-state index in [2.05, 4.69) is 33.0 Å². The summed E-state index contributed by atoms with van der Waals surface area (Å²) >= 11 is 2.23. The number of carbonyl (C=O) groups is 1. The van der Waals surface area contributed by atoms with E-state index in [1.165, 1.54) is 0 Å². The van der Waals surface area contributed by atoms with Crippen molar-refractivity contribution in [2.45, 2.75) is 51.7 Å². The summed E-state index contributed by atoms with van der Waals surface area (Å²) in [5.74, 6) is -0.300. The molecule has 1 aromatic heterocycles. The average Bonchev–Trinajstić information content (AvgIpc) is 2.63. The molecular weight excluding hydrogens is 343 g/mol. The first-order valence-electron chi connectivity index (χ1n) is 6.09. The molecule has 1 amide bonds. The molecule has 0 aliphatic carbocycles. The number of nitrogens with one attached hydrogen (secondary N) is 1. The Kier molecular flexibility index (Phi) is 5.58. The highest BCUT2D eigenvalue weighted by Gasteiger charge is 2.30. The van der Waals surface area contributed by atoms with Crippen molar-refractivity contribution in [1.29, 1.82) is 0 Å². The summed E-state index contributed by atoms with van der Waals surface area (Å²) in [6, 6.07) is 0.230. The van der Waals surface area contributed by atoms with E-state index in [0.717, 1.165) is 16.5 Å². The van der Waals surface area contributed by atoms with E-state index >= 15 is 0 Å². The molecule has 0 aromatic carbocycles. The van der Waals surface area contributed by atoms with Gasteiger partial charge in [-0.15, -0.1) is 0 Å². The van der Waals surface area contributed by atoms with Crippen LogP contribution in [0, 0.1) is 3.57 Å². The van der Waals surface area contributed by atoms with E-state index in [1.807, 2.05) is 37.8 Å². The van der Waals surface area contributed by atoms with Crippen LogP contribution >= 0.6 is 22.6 Å². The molecule has 102 valence electrons. The molecule has 1 atom stereocenters. The van der Waals surface area contributed by atoms with Crippen LogP contribution in [0.2, 0.25) is 0 Å². The first-order chi connectivity index (χ1) is 8.33. The highest BCUT2D eigenvalue weighted by Crippen LogP contribution is 2.14. The first-order valence-corrected chi connectivity index (χ1v) is 7.17. The van der Waals surface area contributed by atoms with Crippen molar-refractivity contribution < 1.29 is 4.79 Å². The van der Waals surface area contributed by atoms with Crippen LogP contribution in [0.25, 0.3) is 0 Å². The number of nitrogens with two attached hydrogens (primary N) is 1. The van der Waals surface area contributed by atoms with Crippen LogP contribution < -0.4 is 11.1 Å². The minimum atomic E-state index is -0.644. The van der Waals surface area contributed by atoms with Crippen LogP contribution in [0.3, 0.4) is 0 Å². The van der Waals surface area contributed by atoms with Crippen LogP contribution in [0.5, 0.6) is 0 Å². The lowest BCUT2D eigenvalue weighted by molar-refractivity contribution is -0.124. The molecule has 18 heavy (non-hydrogen) atoms. The molecule has 1 heterocycles. The smallest absolute Gasteiger partial charge is 0.237 e. The summed E-state index contributed by atoms with van der Waals surface area (Å²) in [6.07, 6.45) is 5.37. The standard InChI is InChI=1S/C12H21IN4O/c1-9(2)16-12(3,11(14)18)5-4-6-17-8-10(13)7-15-17/h7-9,16H,4-6H2,1-3H3,(H2,14,18). The molecule has 5 nitrogen and oxygen atoms in total. The number of carbonyl (C=O) groups excluding carboxylic acids is 1. The van der Waals surface area contributed by atoms with Gasteiger partial charge in [-0.05, 0) is 56.2 Å². The highest BCUT2D eigenvalue weighted by atomic mass is 127. The van der Waals surface area contributed by atoms with Gasteiger partial charge in [0.15, 0.2) is 0 Å². The second-order valence-corrected chi connectivity index (χ2v) is 6.27. The zero-order valence-corrected chi connectivity index (χ0v) is 13.3. The predicted octanol–water partition coefficient (Wildman–Crippen LogP) is 1.51. The van der Waals surface area contributed by atoms with E-state index in [0.29, 0.717) is 6.42 Å². The fourth-order valence-electron chi connectivity index (χ4n) is 1.96. The Hall–Kier alpha value is -0.630. The van der Waals surface area contributed by atoms with Crippen LogP contribution in [-0.4, -0.2) is 27.3 Å². The number of hydrogen-bond donors (Lipinski definition) is 2. The van der Waals surface area contributed by atoms with Crippen molar-refractivity contribution in [2.24, 2.45) is 5.73 Å². The Morgan fingerprint density at radius 1 is 1.67 bits per heavy atom. The molecule has 0 fully saturated rings. The predicted molar refractivity (Wildman–Crippen MR) is 80.0 cm³/mol. The Morgan fingerprint density at radius 3 is 2.78 bits per heavy atom. The van der Waals surface area contributed by atoms with Gasteiger partial charge < -0.3 is 11.1 Å². The van der Waals surface area contributed by atoms with E-state index in [4.69, 9.17) is 5.73 Å². The van der Waals surface area contributed by atoms with E-state index in [1.54, 1.807) is 0 Å². The lowest BCUT2D eigenvalue weighted by Gasteiger charge is -2.29. The number of rotatable bonds is 7. The molecular formula is C12H21IN4O. The third-order valence-electron chi connectivity index (χ3n) is 2.82. The fourth-order valence-corrected chi connectivity index (χ4v) is 2.40. The maximum Gasteiger partial charge on any atom is 0.237 e. The second kappa shape index (κ2) is 6.51. The van der Waals surface area contributed by atoms with Gasteiger partial charge in [0.2, 0.25) is 5.91 Å². The van der Waals surface area contributed by atoms with E-state index in [-0.39, 0.29) is 11.9 Å². The van der Waals surface area contributed by atoms with E-state index in [9.17, 15) is 4.79 Å². The minimum Gasteiger partial charge on any atom is -0.368 e. The quantitative estimate of drug-likeness (QED) is 0.721. The number of halogens is 1. The Balaban J connectivity index is 2.50. The SMILES string of the molecule is CC(C)NC(C)(CCCn1cc(I)cn1)C(N)=O. The molecule has 1 aromatic rings. The molecule has 1 unspecified atom stereocenters. The summed E-state index contributed by atoms with van der Waals surface area (Å²) in [4.78, 5) is 11.5. The number of aryl methyl sites for hydroxylation is 1. The molecule has 0 saturated heterocycles. The van der Waals surface area contributed by atoms with E-state index < -0.39 is 5.54 Å². The molecule has 0 aliphatic rings. The van der Waals surface area contributed by atoms with Crippen LogP contribution in [-0.2, 0) is 11.3 Å². The van der Waals surface area contributed by atoms with Crippen LogP contribution in [0.1, 0.15) is 33.6 Å². The second-order valence-electron chi connectivity index (χ2n) is 5.02. The third-order valence-corrected chi connectivity index (χ3v) is 3.37. The van der Waals surface area contributed by atoms with Crippen molar-refractivity contribution in [3.8, 4) is 0 Å². The Labute approximate surface area is 122 Å². The Morgan fingerprint density at radius 2 is 2.33 bits per heavy atom. The zero-order chi connectivity index (χ0) is 13.8. The van der Waals surface area contributed by atoms with Gasteiger partial charge in [-0.1, -0.05) is 0 Å². The van der Waals surface area contributed by atoms with Crippen molar-refractivity contribution in [3.63, 3.8) is 0 Å². The van der Waals surface area contributed by atoms with Gasteiger partial charge >= 0.3 is 0 Å². The minimum absolute atomic E-state index is 0.230. The lowest BCUT2D eigenvalue weighted by Crippen LogP contribution is -2.55. The van der Waals surface area contributed by atoms with Crippen LogP contribution in [0.4, 0.5) is 0 Å². The summed E-state index contributed by atoms with van der Waals surface area (Å²) in [5.41, 5.74) is 4.83. The third kappa shape index (κ3) is 4.56. The number of amides is 1. The van der Waals surface area contributed by atoms with Gasteiger partial charge in [0.25, 0.3) is 0 Å². The maximum atomic E-state index is 11.5. The largest absolute Gasteiger partial charge is 0.368 e. The average molecular weight is 364 g/mol. The normalized spacial score (nSPS) is 14.7. The van der Waals surface area contributed by atoms with Gasteiger partial charge in [0.1, 0.15) is 0 Å². The molecule has 0 aliphatic heterocycles. The van der Waals surface area contributed by atoms with Gasteiger partial charge in [-0.2, -0.15) is 5.10 Å². The molecule has 6 heteroatoms. The topological polar surface area (TPSA) is 72.9 Å². The number of nitrogens with zero attached hydrogens (tertiary/aromatic N) is 2. The zero-order valence-electron chi connectivity index (χ0n) is 11.1. The van der Waals surface area contributed by atoms with Gasteiger partial charge in [-0.3, -0.25) is 9.48 Å². The molecule has 0 radical (unpaired) electrons. The maximum absolute atomic E-state index is 11.5. The molecule has 0 spiro atoms. The first kappa shape index (κ1) is 15.4. The Bertz CT molecular complexity index is 405. The summed E-state index contributed by atoms with van der Waals surface area (Å²) < 4.78 is 3.00.